The molecular weight excluding hydrogens is 214 g/mol. The van der Waals surface area contributed by atoms with Crippen molar-refractivity contribution in [2.75, 3.05) is 0 Å². The van der Waals surface area contributed by atoms with Crippen LogP contribution in [0.3, 0.4) is 0 Å². The smallest absolute Gasteiger partial charge is 0.0954 e. The standard InChI is InChI=1S/C13H19N3O/c1-12(2)9-6-10(12)11(15-17)13(3,7-9)16-5-4-14-8-16/h4-5,8-10,17H,6-7H2,1-3H3/t9-,10-,13-/m0/s1. The normalized spacial score (nSPS) is 41.2. The van der Waals surface area contributed by atoms with Gasteiger partial charge in [-0.1, -0.05) is 19.0 Å². The van der Waals surface area contributed by atoms with Gasteiger partial charge in [0.05, 0.1) is 17.6 Å². The number of hydrogen-bond donors (Lipinski definition) is 1. The largest absolute Gasteiger partial charge is 0.411 e. The van der Waals surface area contributed by atoms with E-state index in [1.807, 2.05) is 12.5 Å². The minimum absolute atomic E-state index is 0.200. The van der Waals surface area contributed by atoms with E-state index in [9.17, 15) is 5.21 Å². The van der Waals surface area contributed by atoms with Gasteiger partial charge in [0, 0.05) is 18.3 Å². The predicted molar refractivity (Wildman–Crippen MR) is 65.1 cm³/mol. The number of fused-ring (bicyclic) bond motifs is 2. The van der Waals surface area contributed by atoms with Crippen LogP contribution in [0.25, 0.3) is 0 Å². The van der Waals surface area contributed by atoms with E-state index in [0.717, 1.165) is 18.6 Å². The highest BCUT2D eigenvalue weighted by Gasteiger charge is 2.61. The molecule has 0 saturated heterocycles. The van der Waals surface area contributed by atoms with Crippen LogP contribution in [0, 0.1) is 17.3 Å². The first kappa shape index (κ1) is 10.8. The molecule has 92 valence electrons. The molecule has 3 fully saturated rings. The van der Waals surface area contributed by atoms with Gasteiger partial charge in [-0.3, -0.25) is 0 Å². The zero-order valence-corrected chi connectivity index (χ0v) is 10.6. The molecule has 17 heavy (non-hydrogen) atoms. The number of aromatic nitrogens is 2. The molecule has 4 heteroatoms. The van der Waals surface area contributed by atoms with E-state index in [4.69, 9.17) is 0 Å². The lowest BCUT2D eigenvalue weighted by Gasteiger charge is -2.62. The van der Waals surface area contributed by atoms with Crippen molar-refractivity contribution >= 4 is 5.71 Å². The van der Waals surface area contributed by atoms with Gasteiger partial charge in [-0.25, -0.2) is 4.98 Å². The van der Waals surface area contributed by atoms with Crippen LogP contribution in [-0.2, 0) is 5.54 Å². The molecule has 0 radical (unpaired) electrons. The third-order valence-electron chi connectivity index (χ3n) is 5.18. The molecular formula is C13H19N3O. The minimum Gasteiger partial charge on any atom is -0.411 e. The highest BCUT2D eigenvalue weighted by atomic mass is 16.4. The van der Waals surface area contributed by atoms with Crippen molar-refractivity contribution in [2.45, 2.75) is 39.2 Å². The molecule has 1 aromatic rings. The van der Waals surface area contributed by atoms with E-state index < -0.39 is 0 Å². The Hall–Kier alpha value is -1.32. The Morgan fingerprint density at radius 2 is 2.24 bits per heavy atom. The minimum atomic E-state index is -0.200. The van der Waals surface area contributed by atoms with Gasteiger partial charge in [-0.05, 0) is 31.1 Å². The maximum Gasteiger partial charge on any atom is 0.0954 e. The van der Waals surface area contributed by atoms with Crippen LogP contribution in [0.1, 0.15) is 33.6 Å². The average molecular weight is 233 g/mol. The topological polar surface area (TPSA) is 50.4 Å². The molecule has 0 aromatic carbocycles. The van der Waals surface area contributed by atoms with Crippen LogP contribution >= 0.6 is 0 Å². The molecule has 1 N–H and O–H groups in total. The third-order valence-corrected chi connectivity index (χ3v) is 5.18. The van der Waals surface area contributed by atoms with Gasteiger partial charge >= 0.3 is 0 Å². The summed E-state index contributed by atoms with van der Waals surface area (Å²) in [6, 6.07) is 0. The molecule has 0 unspecified atom stereocenters. The van der Waals surface area contributed by atoms with E-state index in [2.05, 4.69) is 35.5 Å². The van der Waals surface area contributed by atoms with Crippen LogP contribution in [0.15, 0.2) is 23.9 Å². The number of nitrogens with zero attached hydrogens (tertiary/aromatic N) is 3. The Bertz CT molecular complexity index is 463. The summed E-state index contributed by atoms with van der Waals surface area (Å²) < 4.78 is 2.08. The Balaban J connectivity index is 2.05. The van der Waals surface area contributed by atoms with Gasteiger partial charge in [0.15, 0.2) is 0 Å². The molecule has 4 rings (SSSR count). The van der Waals surface area contributed by atoms with Crippen molar-refractivity contribution in [1.29, 1.82) is 0 Å². The van der Waals surface area contributed by atoms with Gasteiger partial charge in [-0.2, -0.15) is 0 Å². The molecule has 3 aliphatic carbocycles. The Kier molecular flexibility index (Phi) is 1.98. The lowest BCUT2D eigenvalue weighted by molar-refractivity contribution is -0.0332. The van der Waals surface area contributed by atoms with E-state index in [-0.39, 0.29) is 11.0 Å². The van der Waals surface area contributed by atoms with Crippen LogP contribution in [0.2, 0.25) is 0 Å². The summed E-state index contributed by atoms with van der Waals surface area (Å²) in [7, 11) is 0. The molecule has 0 spiro atoms. The van der Waals surface area contributed by atoms with E-state index in [0.29, 0.717) is 11.8 Å². The van der Waals surface area contributed by atoms with Crippen molar-refractivity contribution in [3.05, 3.63) is 18.7 Å². The summed E-state index contributed by atoms with van der Waals surface area (Å²) in [6.45, 7) is 6.72. The van der Waals surface area contributed by atoms with Gasteiger partial charge < -0.3 is 9.77 Å². The first-order chi connectivity index (χ1) is 8.00. The fourth-order valence-electron chi connectivity index (χ4n) is 3.75. The van der Waals surface area contributed by atoms with Crippen LogP contribution < -0.4 is 0 Å². The van der Waals surface area contributed by atoms with Gasteiger partial charge in [0.1, 0.15) is 0 Å². The Labute approximate surface area is 101 Å². The molecule has 3 saturated carbocycles. The van der Waals surface area contributed by atoms with Gasteiger partial charge in [-0.15, -0.1) is 0 Å². The van der Waals surface area contributed by atoms with E-state index >= 15 is 0 Å². The number of imidazole rings is 1. The van der Waals surface area contributed by atoms with Crippen LogP contribution in [0.5, 0.6) is 0 Å². The molecule has 4 nitrogen and oxygen atoms in total. The molecule has 2 bridgehead atoms. The van der Waals surface area contributed by atoms with Crippen molar-refractivity contribution in [2.24, 2.45) is 22.4 Å². The van der Waals surface area contributed by atoms with Crippen molar-refractivity contribution in [3.63, 3.8) is 0 Å². The number of rotatable bonds is 1. The summed E-state index contributed by atoms with van der Waals surface area (Å²) in [6.07, 6.45) is 7.76. The van der Waals surface area contributed by atoms with Crippen molar-refractivity contribution in [3.8, 4) is 0 Å². The van der Waals surface area contributed by atoms with Crippen molar-refractivity contribution < 1.29 is 5.21 Å². The lowest BCUT2D eigenvalue weighted by Crippen LogP contribution is -2.63. The van der Waals surface area contributed by atoms with Gasteiger partial charge in [0.25, 0.3) is 0 Å². The summed E-state index contributed by atoms with van der Waals surface area (Å²) in [5.41, 5.74) is 0.999. The summed E-state index contributed by atoms with van der Waals surface area (Å²) in [5, 5.41) is 13.0. The molecule has 3 aliphatic rings. The summed E-state index contributed by atoms with van der Waals surface area (Å²) >= 11 is 0. The molecule has 1 aromatic heterocycles. The summed E-state index contributed by atoms with van der Waals surface area (Å²) in [5.74, 6) is 1.11. The first-order valence-corrected chi connectivity index (χ1v) is 6.21. The average Bonchev–Trinajstić information content (AvgIpc) is 2.82. The Morgan fingerprint density at radius 1 is 1.47 bits per heavy atom. The zero-order valence-electron chi connectivity index (χ0n) is 10.6. The quantitative estimate of drug-likeness (QED) is 0.598. The maximum absolute atomic E-state index is 9.41. The monoisotopic (exact) mass is 233 g/mol. The second-order valence-electron chi connectivity index (χ2n) is 6.24. The first-order valence-electron chi connectivity index (χ1n) is 6.21. The SMILES string of the molecule is CC1(C)[C@H]2C[C@H]1C(=NO)[C@@](C)(n1ccnc1)C2. The van der Waals surface area contributed by atoms with E-state index in [1.165, 1.54) is 0 Å². The zero-order chi connectivity index (χ0) is 12.3. The number of hydrogen-bond acceptors (Lipinski definition) is 3. The number of oxime groups is 1. The van der Waals surface area contributed by atoms with Crippen LogP contribution in [0.4, 0.5) is 0 Å². The second kappa shape index (κ2) is 3.12. The fourth-order valence-corrected chi connectivity index (χ4v) is 3.75. The summed E-state index contributed by atoms with van der Waals surface area (Å²) in [4.78, 5) is 4.11. The maximum atomic E-state index is 9.41. The molecule has 3 atom stereocenters. The predicted octanol–water partition coefficient (Wildman–Crippen LogP) is 2.49. The van der Waals surface area contributed by atoms with Gasteiger partial charge in [0.2, 0.25) is 0 Å². The van der Waals surface area contributed by atoms with Crippen LogP contribution in [-0.4, -0.2) is 20.5 Å². The van der Waals surface area contributed by atoms with Crippen molar-refractivity contribution in [1.82, 2.24) is 9.55 Å². The molecule has 1 heterocycles. The third kappa shape index (κ3) is 1.18. The second-order valence-corrected chi connectivity index (χ2v) is 6.24. The lowest BCUT2D eigenvalue weighted by atomic mass is 9.44. The molecule has 0 aliphatic heterocycles. The Morgan fingerprint density at radius 3 is 2.76 bits per heavy atom. The highest BCUT2D eigenvalue weighted by Crippen LogP contribution is 2.61. The van der Waals surface area contributed by atoms with E-state index in [1.54, 1.807) is 6.20 Å². The molecule has 0 amide bonds. The fraction of sp³-hybridized carbons (Fsp3) is 0.692. The highest BCUT2D eigenvalue weighted by molar-refractivity contribution is 5.96.